The van der Waals surface area contributed by atoms with Crippen LogP contribution in [0, 0.1) is 0 Å². The van der Waals surface area contributed by atoms with E-state index in [9.17, 15) is 18.0 Å². The average molecular weight is 379 g/mol. The van der Waals surface area contributed by atoms with Crippen molar-refractivity contribution in [3.63, 3.8) is 0 Å². The van der Waals surface area contributed by atoms with Crippen molar-refractivity contribution in [3.05, 3.63) is 47.7 Å². The third-order valence-corrected chi connectivity index (χ3v) is 4.47. The van der Waals surface area contributed by atoms with Gasteiger partial charge in [0.25, 0.3) is 5.91 Å². The third-order valence-electron chi connectivity index (χ3n) is 4.47. The molecule has 0 spiro atoms. The van der Waals surface area contributed by atoms with E-state index in [1.807, 2.05) is 0 Å². The maximum atomic E-state index is 12.8. The molecule has 0 bridgehead atoms. The van der Waals surface area contributed by atoms with Crippen molar-refractivity contribution in [2.24, 2.45) is 0 Å². The van der Waals surface area contributed by atoms with E-state index in [1.165, 1.54) is 18.2 Å². The molecule has 1 aliphatic rings. The van der Waals surface area contributed by atoms with Gasteiger partial charge in [0.2, 0.25) is 0 Å². The Morgan fingerprint density at radius 2 is 1.85 bits per heavy atom. The van der Waals surface area contributed by atoms with E-state index < -0.39 is 17.6 Å². The van der Waals surface area contributed by atoms with Crippen molar-refractivity contribution in [2.75, 3.05) is 42.9 Å². The SMILES string of the molecule is CCN1CCN(c2ccc(C(=O)Nc3cccc(C(F)(F)F)c3)nn2)CC1. The number of hydrogen-bond donors (Lipinski definition) is 1. The molecular weight excluding hydrogens is 359 g/mol. The van der Waals surface area contributed by atoms with Crippen LogP contribution in [0.5, 0.6) is 0 Å². The van der Waals surface area contributed by atoms with Crippen molar-refractivity contribution < 1.29 is 18.0 Å². The zero-order valence-electron chi connectivity index (χ0n) is 14.8. The summed E-state index contributed by atoms with van der Waals surface area (Å²) in [5, 5.41) is 10.4. The van der Waals surface area contributed by atoms with Crippen molar-refractivity contribution in [1.82, 2.24) is 15.1 Å². The molecule has 1 N–H and O–H groups in total. The predicted molar refractivity (Wildman–Crippen MR) is 95.8 cm³/mol. The van der Waals surface area contributed by atoms with Gasteiger partial charge in [-0.25, -0.2) is 0 Å². The Kier molecular flexibility index (Phi) is 5.59. The van der Waals surface area contributed by atoms with Gasteiger partial charge in [-0.3, -0.25) is 4.79 Å². The molecule has 1 saturated heterocycles. The summed E-state index contributed by atoms with van der Waals surface area (Å²) in [5.74, 6) is 0.0746. The molecule has 0 atom stereocenters. The van der Waals surface area contributed by atoms with Gasteiger partial charge < -0.3 is 15.1 Å². The van der Waals surface area contributed by atoms with Crippen LogP contribution in [0.2, 0.25) is 0 Å². The van der Waals surface area contributed by atoms with Crippen LogP contribution in [0.3, 0.4) is 0 Å². The fourth-order valence-corrected chi connectivity index (χ4v) is 2.88. The fourth-order valence-electron chi connectivity index (χ4n) is 2.88. The predicted octanol–water partition coefficient (Wildman–Crippen LogP) is 2.89. The Balaban J connectivity index is 1.64. The van der Waals surface area contributed by atoms with Gasteiger partial charge in [0.05, 0.1) is 5.56 Å². The van der Waals surface area contributed by atoms with Crippen LogP contribution < -0.4 is 10.2 Å². The summed E-state index contributed by atoms with van der Waals surface area (Å²) in [4.78, 5) is 16.7. The minimum absolute atomic E-state index is 0.0448. The molecule has 1 aromatic heterocycles. The molecule has 0 saturated carbocycles. The van der Waals surface area contributed by atoms with Crippen LogP contribution in [-0.2, 0) is 6.18 Å². The van der Waals surface area contributed by atoms with Crippen molar-refractivity contribution in [3.8, 4) is 0 Å². The van der Waals surface area contributed by atoms with Crippen LogP contribution >= 0.6 is 0 Å². The normalized spacial score (nSPS) is 15.6. The monoisotopic (exact) mass is 379 g/mol. The van der Waals surface area contributed by atoms with Crippen LogP contribution in [0.1, 0.15) is 23.0 Å². The van der Waals surface area contributed by atoms with E-state index in [0.29, 0.717) is 5.82 Å². The van der Waals surface area contributed by atoms with Crippen LogP contribution in [0.15, 0.2) is 36.4 Å². The number of hydrogen-bond acceptors (Lipinski definition) is 5. The number of benzene rings is 1. The molecule has 9 heteroatoms. The van der Waals surface area contributed by atoms with E-state index in [2.05, 4.69) is 32.2 Å². The maximum Gasteiger partial charge on any atom is 0.416 e. The van der Waals surface area contributed by atoms with Gasteiger partial charge in [-0.15, -0.1) is 10.2 Å². The number of nitrogens with zero attached hydrogens (tertiary/aromatic N) is 4. The second-order valence-electron chi connectivity index (χ2n) is 6.23. The number of nitrogens with one attached hydrogen (secondary N) is 1. The lowest BCUT2D eigenvalue weighted by Crippen LogP contribution is -2.46. The molecule has 3 rings (SSSR count). The van der Waals surface area contributed by atoms with E-state index in [0.717, 1.165) is 44.9 Å². The zero-order valence-corrected chi connectivity index (χ0v) is 14.8. The Bertz CT molecular complexity index is 786. The Hall–Kier alpha value is -2.68. The van der Waals surface area contributed by atoms with E-state index in [1.54, 1.807) is 6.07 Å². The van der Waals surface area contributed by atoms with Gasteiger partial charge in [0, 0.05) is 31.9 Å². The van der Waals surface area contributed by atoms with Crippen LogP contribution in [0.25, 0.3) is 0 Å². The summed E-state index contributed by atoms with van der Waals surface area (Å²) in [5.41, 5.74) is -0.729. The summed E-state index contributed by atoms with van der Waals surface area (Å²) >= 11 is 0. The first-order valence-corrected chi connectivity index (χ1v) is 8.66. The van der Waals surface area contributed by atoms with Crippen LogP contribution in [0.4, 0.5) is 24.7 Å². The van der Waals surface area contributed by atoms with Gasteiger partial charge in [0.15, 0.2) is 11.5 Å². The molecule has 144 valence electrons. The molecule has 0 unspecified atom stereocenters. The summed E-state index contributed by atoms with van der Waals surface area (Å²) < 4.78 is 38.3. The highest BCUT2D eigenvalue weighted by molar-refractivity contribution is 6.02. The molecule has 0 aliphatic carbocycles. The van der Waals surface area contributed by atoms with E-state index in [-0.39, 0.29) is 11.4 Å². The molecule has 1 aliphatic heterocycles. The lowest BCUT2D eigenvalue weighted by atomic mass is 10.2. The lowest BCUT2D eigenvalue weighted by molar-refractivity contribution is -0.137. The molecule has 2 aromatic rings. The first kappa shape index (κ1) is 19.1. The number of piperazine rings is 1. The number of aromatic nitrogens is 2. The second kappa shape index (κ2) is 7.91. The van der Waals surface area contributed by atoms with Gasteiger partial charge in [0.1, 0.15) is 0 Å². The average Bonchev–Trinajstić information content (AvgIpc) is 2.68. The largest absolute Gasteiger partial charge is 0.416 e. The number of carbonyl (C=O) groups is 1. The van der Waals surface area contributed by atoms with Crippen molar-refractivity contribution in [2.45, 2.75) is 13.1 Å². The third kappa shape index (κ3) is 4.73. The summed E-state index contributed by atoms with van der Waals surface area (Å²) in [7, 11) is 0. The molecule has 1 fully saturated rings. The first-order valence-electron chi connectivity index (χ1n) is 8.66. The van der Waals surface area contributed by atoms with Gasteiger partial charge in [-0.1, -0.05) is 13.0 Å². The summed E-state index contributed by atoms with van der Waals surface area (Å²) in [6.45, 7) is 6.67. The molecule has 1 aromatic carbocycles. The topological polar surface area (TPSA) is 61.4 Å². The van der Waals surface area contributed by atoms with Crippen molar-refractivity contribution in [1.29, 1.82) is 0 Å². The van der Waals surface area contributed by atoms with Gasteiger partial charge in [-0.2, -0.15) is 13.2 Å². The lowest BCUT2D eigenvalue weighted by Gasteiger charge is -2.34. The number of likely N-dealkylation sites (N-methyl/N-ethyl adjacent to an activating group) is 1. The zero-order chi connectivity index (χ0) is 19.4. The number of amides is 1. The minimum Gasteiger partial charge on any atom is -0.353 e. The molecule has 1 amide bonds. The highest BCUT2D eigenvalue weighted by Crippen LogP contribution is 2.30. The van der Waals surface area contributed by atoms with E-state index >= 15 is 0 Å². The number of rotatable bonds is 4. The number of carbonyl (C=O) groups excluding carboxylic acids is 1. The molecule has 0 radical (unpaired) electrons. The standard InChI is InChI=1S/C18H20F3N5O/c1-2-25-8-10-26(11-9-25)16-7-6-15(23-24-16)17(27)22-14-5-3-4-13(12-14)18(19,20)21/h3-7,12H,2,8-11H2,1H3,(H,22,27). The summed E-state index contributed by atoms with van der Waals surface area (Å²) in [6.07, 6.45) is -4.47. The number of alkyl halides is 3. The second-order valence-corrected chi connectivity index (χ2v) is 6.23. The number of halogens is 3. The molecular formula is C18H20F3N5O. The molecule has 6 nitrogen and oxygen atoms in total. The van der Waals surface area contributed by atoms with Crippen molar-refractivity contribution >= 4 is 17.4 Å². The van der Waals surface area contributed by atoms with E-state index in [4.69, 9.17) is 0 Å². The molecule has 2 heterocycles. The Morgan fingerprint density at radius 3 is 2.44 bits per heavy atom. The Morgan fingerprint density at radius 1 is 1.11 bits per heavy atom. The number of anilines is 2. The van der Waals surface area contributed by atoms with Crippen LogP contribution in [-0.4, -0.2) is 53.7 Å². The molecule has 27 heavy (non-hydrogen) atoms. The minimum atomic E-state index is -4.47. The highest BCUT2D eigenvalue weighted by Gasteiger charge is 2.30. The maximum absolute atomic E-state index is 12.8. The quantitative estimate of drug-likeness (QED) is 0.885. The van der Waals surface area contributed by atoms with Gasteiger partial charge >= 0.3 is 6.18 Å². The Labute approximate surface area is 155 Å². The first-order chi connectivity index (χ1) is 12.9. The fraction of sp³-hybridized carbons (Fsp3) is 0.389. The summed E-state index contributed by atoms with van der Waals surface area (Å²) in [6, 6.07) is 7.69. The highest BCUT2D eigenvalue weighted by atomic mass is 19.4. The van der Waals surface area contributed by atoms with Gasteiger partial charge in [-0.05, 0) is 36.9 Å². The smallest absolute Gasteiger partial charge is 0.353 e.